The molecule has 1 aliphatic rings. The normalized spacial score (nSPS) is 20.6. The monoisotopic (exact) mass is 368 g/mol. The van der Waals surface area contributed by atoms with E-state index >= 15 is 0 Å². The van der Waals surface area contributed by atoms with Gasteiger partial charge in [0.1, 0.15) is 21.8 Å². The van der Waals surface area contributed by atoms with Crippen LogP contribution in [-0.2, 0) is 9.84 Å². The van der Waals surface area contributed by atoms with Crippen LogP contribution in [0.2, 0.25) is 0 Å². The predicted octanol–water partition coefficient (Wildman–Crippen LogP) is 2.57. The number of benzene rings is 2. The molecule has 4 N–H and O–H groups in total. The molecule has 0 aliphatic carbocycles. The number of amides is 1. The zero-order valence-corrected chi connectivity index (χ0v) is 14.4. The van der Waals surface area contributed by atoms with Crippen LogP contribution in [0.5, 0.6) is 0 Å². The molecule has 2 unspecified atom stereocenters. The van der Waals surface area contributed by atoms with E-state index in [4.69, 9.17) is 15.9 Å². The molecular weight excluding hydrogens is 352 g/mol. The summed E-state index contributed by atoms with van der Waals surface area (Å²) in [6, 6.07) is 17.4. The molecule has 6 nitrogen and oxygen atoms in total. The van der Waals surface area contributed by atoms with Crippen molar-refractivity contribution >= 4 is 21.6 Å². The van der Waals surface area contributed by atoms with Crippen molar-refractivity contribution in [3.63, 3.8) is 0 Å². The maximum absolute atomic E-state index is 13.4. The predicted molar refractivity (Wildman–Crippen MR) is 97.1 cm³/mol. The number of furan rings is 1. The van der Waals surface area contributed by atoms with Crippen LogP contribution in [0.1, 0.15) is 43.3 Å². The Balaban J connectivity index is 2.05. The van der Waals surface area contributed by atoms with Gasteiger partial charge in [0.05, 0.1) is 0 Å². The topological polar surface area (TPSA) is 116 Å². The SMILES string of the molecule is NC(=O)c1c(N)oc2c1C(c1ccccc1)S(=O)(=O)C2c1ccccc1. The highest BCUT2D eigenvalue weighted by molar-refractivity contribution is 7.92. The first kappa shape index (κ1) is 16.4. The number of hydrogen-bond acceptors (Lipinski definition) is 5. The number of hydrogen-bond donors (Lipinski definition) is 2. The summed E-state index contributed by atoms with van der Waals surface area (Å²) in [7, 11) is -3.78. The molecule has 7 heteroatoms. The van der Waals surface area contributed by atoms with E-state index in [1.807, 2.05) is 0 Å². The molecule has 0 bridgehead atoms. The number of sulfone groups is 1. The average Bonchev–Trinajstić information content (AvgIpc) is 3.03. The molecule has 132 valence electrons. The number of fused-ring (bicyclic) bond motifs is 1. The standard InChI is InChI=1S/C19H16N2O4S/c20-18(22)14-13-15(25-19(14)21)17(12-9-5-2-6-10-12)26(23,24)16(13)11-7-3-1-4-8-11/h1-10,16-17H,21H2,(H2,20,22). The van der Waals surface area contributed by atoms with Gasteiger partial charge in [0, 0.05) is 5.56 Å². The van der Waals surface area contributed by atoms with Crippen LogP contribution in [0.15, 0.2) is 65.1 Å². The Kier molecular flexibility index (Phi) is 3.62. The van der Waals surface area contributed by atoms with E-state index in [9.17, 15) is 13.2 Å². The van der Waals surface area contributed by atoms with Gasteiger partial charge in [0.15, 0.2) is 9.84 Å². The maximum atomic E-state index is 13.4. The molecule has 0 fully saturated rings. The Morgan fingerprint density at radius 1 is 0.885 bits per heavy atom. The van der Waals surface area contributed by atoms with Gasteiger partial charge in [0.2, 0.25) is 5.88 Å². The highest BCUT2D eigenvalue weighted by atomic mass is 32.2. The lowest BCUT2D eigenvalue weighted by molar-refractivity contribution is 0.1000. The minimum absolute atomic E-state index is 0.0594. The van der Waals surface area contributed by atoms with Crippen LogP contribution in [0, 0.1) is 0 Å². The van der Waals surface area contributed by atoms with Crippen molar-refractivity contribution in [2.45, 2.75) is 10.5 Å². The van der Waals surface area contributed by atoms with Crippen LogP contribution >= 0.6 is 0 Å². The van der Waals surface area contributed by atoms with Gasteiger partial charge >= 0.3 is 0 Å². The van der Waals surface area contributed by atoms with E-state index < -0.39 is 26.2 Å². The molecule has 3 aromatic rings. The molecule has 1 amide bonds. The molecular formula is C19H16N2O4S. The molecule has 2 atom stereocenters. The fraction of sp³-hybridized carbons (Fsp3) is 0.105. The average molecular weight is 368 g/mol. The third-order valence-corrected chi connectivity index (χ3v) is 6.92. The summed E-state index contributed by atoms with van der Waals surface area (Å²) >= 11 is 0. The lowest BCUT2D eigenvalue weighted by Crippen LogP contribution is -2.19. The van der Waals surface area contributed by atoms with Crippen LogP contribution < -0.4 is 11.5 Å². The number of carbonyl (C=O) groups excluding carboxylic acids is 1. The molecule has 2 heterocycles. The second-order valence-corrected chi connectivity index (χ2v) is 8.27. The lowest BCUT2D eigenvalue weighted by atomic mass is 9.98. The van der Waals surface area contributed by atoms with Crippen molar-refractivity contribution in [1.82, 2.24) is 0 Å². The van der Waals surface area contributed by atoms with Gasteiger partial charge in [-0.15, -0.1) is 0 Å². The second-order valence-electron chi connectivity index (χ2n) is 6.15. The van der Waals surface area contributed by atoms with Gasteiger partial charge in [-0.1, -0.05) is 60.7 Å². The first-order valence-corrected chi connectivity index (χ1v) is 9.58. The Morgan fingerprint density at radius 3 is 1.88 bits per heavy atom. The number of nitrogen functional groups attached to an aromatic ring is 1. The molecule has 26 heavy (non-hydrogen) atoms. The van der Waals surface area contributed by atoms with E-state index in [2.05, 4.69) is 0 Å². The maximum Gasteiger partial charge on any atom is 0.254 e. The molecule has 2 aromatic carbocycles. The van der Waals surface area contributed by atoms with E-state index in [1.165, 1.54) is 0 Å². The smallest absolute Gasteiger partial charge is 0.254 e. The zero-order valence-electron chi connectivity index (χ0n) is 13.6. The number of anilines is 1. The molecule has 0 saturated heterocycles. The lowest BCUT2D eigenvalue weighted by Gasteiger charge is -2.16. The minimum atomic E-state index is -3.78. The summed E-state index contributed by atoms with van der Waals surface area (Å²) in [6.07, 6.45) is 0. The Bertz CT molecular complexity index is 1090. The molecule has 1 aliphatic heterocycles. The quantitative estimate of drug-likeness (QED) is 0.737. The third kappa shape index (κ3) is 2.24. The van der Waals surface area contributed by atoms with Gasteiger partial charge in [-0.25, -0.2) is 8.42 Å². The van der Waals surface area contributed by atoms with E-state index in [1.54, 1.807) is 60.7 Å². The van der Waals surface area contributed by atoms with Crippen LogP contribution in [0.4, 0.5) is 5.88 Å². The highest BCUT2D eigenvalue weighted by Crippen LogP contribution is 2.54. The van der Waals surface area contributed by atoms with Crippen molar-refractivity contribution in [3.8, 4) is 0 Å². The highest BCUT2D eigenvalue weighted by Gasteiger charge is 2.52. The van der Waals surface area contributed by atoms with Crippen LogP contribution in [0.25, 0.3) is 0 Å². The molecule has 0 spiro atoms. The first-order chi connectivity index (χ1) is 12.4. The van der Waals surface area contributed by atoms with E-state index in [0.29, 0.717) is 11.1 Å². The van der Waals surface area contributed by atoms with E-state index in [0.717, 1.165) is 0 Å². The summed E-state index contributed by atoms with van der Waals surface area (Å²) in [5.41, 5.74) is 12.6. The van der Waals surface area contributed by atoms with Gasteiger partial charge in [-0.05, 0) is 11.1 Å². The third-order valence-electron chi connectivity index (χ3n) is 4.61. The Labute approximate surface area is 150 Å². The molecule has 4 rings (SSSR count). The van der Waals surface area contributed by atoms with Crippen molar-refractivity contribution in [2.24, 2.45) is 5.73 Å². The minimum Gasteiger partial charge on any atom is -0.443 e. The van der Waals surface area contributed by atoms with Crippen LogP contribution in [-0.4, -0.2) is 14.3 Å². The van der Waals surface area contributed by atoms with Crippen molar-refractivity contribution in [3.05, 3.63) is 88.7 Å². The van der Waals surface area contributed by atoms with Gasteiger partial charge in [-0.3, -0.25) is 4.79 Å². The summed E-state index contributed by atoms with van der Waals surface area (Å²) in [6.45, 7) is 0. The Hall–Kier alpha value is -3.06. The zero-order chi connectivity index (χ0) is 18.5. The largest absolute Gasteiger partial charge is 0.443 e. The Morgan fingerprint density at radius 2 is 1.38 bits per heavy atom. The molecule has 0 radical (unpaired) electrons. The fourth-order valence-corrected chi connectivity index (χ4v) is 5.97. The number of rotatable bonds is 3. The second kappa shape index (κ2) is 5.74. The van der Waals surface area contributed by atoms with Gasteiger partial charge in [-0.2, -0.15) is 0 Å². The van der Waals surface area contributed by atoms with Crippen molar-refractivity contribution in [1.29, 1.82) is 0 Å². The number of primary amides is 1. The summed E-state index contributed by atoms with van der Waals surface area (Å²) in [4.78, 5) is 12.0. The van der Waals surface area contributed by atoms with Crippen molar-refractivity contribution < 1.29 is 17.6 Å². The fourth-order valence-electron chi connectivity index (χ4n) is 3.59. The summed E-state index contributed by atoms with van der Waals surface area (Å²) in [5, 5.41) is -2.10. The van der Waals surface area contributed by atoms with Crippen LogP contribution in [0.3, 0.4) is 0 Å². The van der Waals surface area contributed by atoms with Gasteiger partial charge < -0.3 is 15.9 Å². The number of carbonyl (C=O) groups is 1. The number of nitrogens with two attached hydrogens (primary N) is 2. The van der Waals surface area contributed by atoms with E-state index in [-0.39, 0.29) is 22.8 Å². The summed E-state index contributed by atoms with van der Waals surface area (Å²) < 4.78 is 32.5. The summed E-state index contributed by atoms with van der Waals surface area (Å²) in [5.74, 6) is -0.798. The van der Waals surface area contributed by atoms with Crippen molar-refractivity contribution in [2.75, 3.05) is 5.73 Å². The molecule has 0 saturated carbocycles. The first-order valence-electron chi connectivity index (χ1n) is 7.97. The van der Waals surface area contributed by atoms with Gasteiger partial charge in [0.25, 0.3) is 5.91 Å². The molecule has 1 aromatic heterocycles.